The van der Waals surface area contributed by atoms with E-state index in [-0.39, 0.29) is 10.8 Å². The molecule has 6 nitrogen and oxygen atoms in total. The fourth-order valence-electron chi connectivity index (χ4n) is 3.42. The highest BCUT2D eigenvalue weighted by Crippen LogP contribution is 2.32. The first-order chi connectivity index (χ1) is 14.4. The van der Waals surface area contributed by atoms with Gasteiger partial charge in [0.25, 0.3) is 15.9 Å². The number of benzene rings is 2. The third kappa shape index (κ3) is 3.97. The second-order valence-corrected chi connectivity index (χ2v) is 10.3. The van der Waals surface area contributed by atoms with Gasteiger partial charge in [-0.25, -0.2) is 13.4 Å². The zero-order valence-electron chi connectivity index (χ0n) is 16.8. The summed E-state index contributed by atoms with van der Waals surface area (Å²) in [6.45, 7) is 4.86. The van der Waals surface area contributed by atoms with Crippen LogP contribution >= 0.6 is 11.3 Å². The van der Waals surface area contributed by atoms with Gasteiger partial charge < -0.3 is 5.32 Å². The van der Waals surface area contributed by atoms with E-state index in [1.165, 1.54) is 16.4 Å². The second kappa shape index (κ2) is 8.20. The first-order valence-corrected chi connectivity index (χ1v) is 12.1. The van der Waals surface area contributed by atoms with E-state index in [1.54, 1.807) is 23.5 Å². The Kier molecular flexibility index (Phi) is 5.62. The molecule has 0 fully saturated rings. The monoisotopic (exact) mass is 441 g/mol. The lowest BCUT2D eigenvalue weighted by molar-refractivity contribution is 0.0950. The molecule has 0 saturated carbocycles. The van der Waals surface area contributed by atoms with Crippen LogP contribution in [0.15, 0.2) is 58.8 Å². The number of rotatable bonds is 6. The van der Waals surface area contributed by atoms with Crippen molar-refractivity contribution >= 4 is 33.0 Å². The van der Waals surface area contributed by atoms with Gasteiger partial charge in [0, 0.05) is 23.4 Å². The molecule has 0 spiro atoms. The number of aromatic nitrogens is 1. The Labute approximate surface area is 180 Å². The number of para-hydroxylation sites is 1. The van der Waals surface area contributed by atoms with Crippen LogP contribution in [-0.2, 0) is 23.0 Å². The summed E-state index contributed by atoms with van der Waals surface area (Å²) in [6, 6.07) is 13.7. The molecule has 0 saturated heterocycles. The molecule has 0 radical (unpaired) electrons. The smallest absolute Gasteiger partial charge is 0.264 e. The first kappa shape index (κ1) is 20.6. The maximum absolute atomic E-state index is 13.2. The molecule has 1 aliphatic rings. The maximum atomic E-state index is 13.2. The highest BCUT2D eigenvalue weighted by Gasteiger charge is 2.30. The molecule has 1 N–H and O–H groups in total. The minimum atomic E-state index is -3.74. The Morgan fingerprint density at radius 2 is 2.00 bits per heavy atom. The number of fused-ring (bicyclic) bond motifs is 1. The molecular formula is C22H23N3O3S2. The molecule has 1 amide bonds. The van der Waals surface area contributed by atoms with Crippen molar-refractivity contribution in [3.63, 3.8) is 0 Å². The van der Waals surface area contributed by atoms with Gasteiger partial charge in [-0.2, -0.15) is 0 Å². The van der Waals surface area contributed by atoms with Crippen LogP contribution in [0.25, 0.3) is 0 Å². The van der Waals surface area contributed by atoms with E-state index in [1.807, 2.05) is 29.6 Å². The van der Waals surface area contributed by atoms with E-state index in [0.717, 1.165) is 16.3 Å². The van der Waals surface area contributed by atoms with Crippen LogP contribution in [0.2, 0.25) is 0 Å². The molecule has 8 heteroatoms. The highest BCUT2D eigenvalue weighted by molar-refractivity contribution is 7.92. The van der Waals surface area contributed by atoms with Gasteiger partial charge in [-0.1, -0.05) is 38.1 Å². The standard InChI is InChI=1S/C22H23N3O3S2/c1-15(2)22-24-18(14-29-22)13-23-21(26)17-7-5-8-19(12-17)30(27,28)25-11-10-16-6-3-4-9-20(16)25/h3-9,12,14-15H,10-11,13H2,1-2H3,(H,23,26). The Morgan fingerprint density at radius 1 is 1.20 bits per heavy atom. The molecule has 1 aliphatic heterocycles. The average molecular weight is 442 g/mol. The number of carbonyl (C=O) groups is 1. The van der Waals surface area contributed by atoms with Crippen molar-refractivity contribution in [1.29, 1.82) is 0 Å². The third-order valence-corrected chi connectivity index (χ3v) is 8.03. The number of hydrogen-bond donors (Lipinski definition) is 1. The zero-order valence-corrected chi connectivity index (χ0v) is 18.5. The van der Waals surface area contributed by atoms with Crippen LogP contribution in [0.5, 0.6) is 0 Å². The van der Waals surface area contributed by atoms with E-state index in [4.69, 9.17) is 0 Å². The van der Waals surface area contributed by atoms with E-state index in [2.05, 4.69) is 24.1 Å². The van der Waals surface area contributed by atoms with Crippen LogP contribution in [0.4, 0.5) is 5.69 Å². The lowest BCUT2D eigenvalue weighted by Gasteiger charge is -2.20. The fourth-order valence-corrected chi connectivity index (χ4v) is 5.81. The zero-order chi connectivity index (χ0) is 21.3. The topological polar surface area (TPSA) is 79.4 Å². The van der Waals surface area contributed by atoms with Crippen LogP contribution < -0.4 is 9.62 Å². The van der Waals surface area contributed by atoms with Crippen LogP contribution in [0, 0.1) is 0 Å². The van der Waals surface area contributed by atoms with Gasteiger partial charge in [-0.3, -0.25) is 9.10 Å². The number of amides is 1. The van der Waals surface area contributed by atoms with Crippen LogP contribution in [0.3, 0.4) is 0 Å². The molecule has 0 atom stereocenters. The summed E-state index contributed by atoms with van der Waals surface area (Å²) >= 11 is 1.57. The summed E-state index contributed by atoms with van der Waals surface area (Å²) in [7, 11) is -3.74. The molecule has 0 aliphatic carbocycles. The number of thiazole rings is 1. The van der Waals surface area contributed by atoms with Gasteiger partial charge in [0.05, 0.1) is 27.8 Å². The molecule has 156 valence electrons. The van der Waals surface area contributed by atoms with Crippen molar-refractivity contribution < 1.29 is 13.2 Å². The minimum Gasteiger partial charge on any atom is -0.346 e. The van der Waals surface area contributed by atoms with Crippen molar-refractivity contribution in [3.05, 3.63) is 75.7 Å². The SMILES string of the molecule is CC(C)c1nc(CNC(=O)c2cccc(S(=O)(=O)N3CCc4ccccc43)c2)cs1. The number of anilines is 1. The van der Waals surface area contributed by atoms with Gasteiger partial charge in [0.15, 0.2) is 0 Å². The van der Waals surface area contributed by atoms with Crippen molar-refractivity contribution in [3.8, 4) is 0 Å². The molecule has 0 unspecified atom stereocenters. The van der Waals surface area contributed by atoms with Crippen molar-refractivity contribution in [1.82, 2.24) is 10.3 Å². The molecule has 4 rings (SSSR count). The summed E-state index contributed by atoms with van der Waals surface area (Å²) in [5, 5.41) is 5.79. The van der Waals surface area contributed by atoms with E-state index >= 15 is 0 Å². The normalized spacial score (nSPS) is 13.5. The second-order valence-electron chi connectivity index (χ2n) is 7.50. The summed E-state index contributed by atoms with van der Waals surface area (Å²) < 4.78 is 27.8. The molecule has 2 heterocycles. The van der Waals surface area contributed by atoms with Gasteiger partial charge in [-0.15, -0.1) is 11.3 Å². The number of sulfonamides is 1. The molecule has 1 aromatic heterocycles. The summed E-state index contributed by atoms with van der Waals surface area (Å²) in [5.74, 6) is 0.0185. The van der Waals surface area contributed by atoms with Gasteiger partial charge >= 0.3 is 0 Å². The average Bonchev–Trinajstić information content (AvgIpc) is 3.39. The van der Waals surface area contributed by atoms with Gasteiger partial charge in [0.2, 0.25) is 0 Å². The van der Waals surface area contributed by atoms with Crippen molar-refractivity contribution in [2.24, 2.45) is 0 Å². The van der Waals surface area contributed by atoms with Crippen LogP contribution in [0.1, 0.15) is 46.4 Å². The summed E-state index contributed by atoms with van der Waals surface area (Å²) in [4.78, 5) is 17.2. The van der Waals surface area contributed by atoms with E-state index in [9.17, 15) is 13.2 Å². The van der Waals surface area contributed by atoms with Crippen LogP contribution in [-0.4, -0.2) is 25.9 Å². The van der Waals surface area contributed by atoms with Gasteiger partial charge in [-0.05, 0) is 36.2 Å². The Hall–Kier alpha value is -2.71. The molecule has 30 heavy (non-hydrogen) atoms. The molecule has 2 aromatic carbocycles. The lowest BCUT2D eigenvalue weighted by atomic mass is 10.2. The molecular weight excluding hydrogens is 418 g/mol. The largest absolute Gasteiger partial charge is 0.346 e. The predicted octanol–water partition coefficient (Wildman–Crippen LogP) is 3.95. The lowest BCUT2D eigenvalue weighted by Crippen LogP contribution is -2.29. The Bertz CT molecular complexity index is 1190. The summed E-state index contributed by atoms with van der Waals surface area (Å²) in [5.41, 5.74) is 2.83. The van der Waals surface area contributed by atoms with Gasteiger partial charge in [0.1, 0.15) is 0 Å². The highest BCUT2D eigenvalue weighted by atomic mass is 32.2. The van der Waals surface area contributed by atoms with E-state index in [0.29, 0.717) is 36.7 Å². The number of nitrogens with one attached hydrogen (secondary N) is 1. The minimum absolute atomic E-state index is 0.114. The number of carbonyl (C=O) groups excluding carboxylic acids is 1. The number of hydrogen-bond acceptors (Lipinski definition) is 5. The van der Waals surface area contributed by atoms with Crippen molar-refractivity contribution in [2.75, 3.05) is 10.8 Å². The Balaban J connectivity index is 1.51. The number of nitrogens with zero attached hydrogens (tertiary/aromatic N) is 2. The molecule has 0 bridgehead atoms. The third-order valence-electron chi connectivity index (χ3n) is 5.02. The maximum Gasteiger partial charge on any atom is 0.264 e. The van der Waals surface area contributed by atoms with E-state index < -0.39 is 10.0 Å². The van der Waals surface area contributed by atoms with Crippen molar-refractivity contribution in [2.45, 2.75) is 37.6 Å². The molecule has 3 aromatic rings. The first-order valence-electron chi connectivity index (χ1n) is 9.79. The fraction of sp³-hybridized carbons (Fsp3) is 0.273. The quantitative estimate of drug-likeness (QED) is 0.628. The Morgan fingerprint density at radius 3 is 2.77 bits per heavy atom. The summed E-state index contributed by atoms with van der Waals surface area (Å²) in [6.07, 6.45) is 0.682. The predicted molar refractivity (Wildman–Crippen MR) is 118 cm³/mol.